The predicted octanol–water partition coefficient (Wildman–Crippen LogP) is 2.80. The van der Waals surface area contributed by atoms with Crippen molar-refractivity contribution in [2.45, 2.75) is 19.0 Å². The predicted molar refractivity (Wildman–Crippen MR) is 121 cm³/mol. The highest BCUT2D eigenvalue weighted by atomic mass is 32.2. The highest BCUT2D eigenvalue weighted by Gasteiger charge is 2.30. The zero-order chi connectivity index (χ0) is 21.1. The zero-order valence-electron chi connectivity index (χ0n) is 17.2. The maximum absolute atomic E-state index is 13.1. The van der Waals surface area contributed by atoms with Gasteiger partial charge in [0.15, 0.2) is 0 Å². The van der Waals surface area contributed by atoms with E-state index in [1.54, 1.807) is 22.2 Å². The summed E-state index contributed by atoms with van der Waals surface area (Å²) in [5.74, 6) is 1.09. The van der Waals surface area contributed by atoms with Crippen molar-refractivity contribution in [1.82, 2.24) is 20.0 Å². The van der Waals surface area contributed by atoms with Crippen LogP contribution in [0.15, 0.2) is 54.2 Å². The summed E-state index contributed by atoms with van der Waals surface area (Å²) < 4.78 is 13.9. The third-order valence-electron chi connectivity index (χ3n) is 5.39. The van der Waals surface area contributed by atoms with Crippen LogP contribution >= 0.6 is 11.3 Å². The molecule has 8 heteroatoms. The van der Waals surface area contributed by atoms with Gasteiger partial charge in [-0.2, -0.15) is 5.10 Å². The minimum absolute atomic E-state index is 0.0319. The molecule has 1 amide bonds. The Labute approximate surface area is 183 Å². The quantitative estimate of drug-likeness (QED) is 0.638. The summed E-state index contributed by atoms with van der Waals surface area (Å²) >= 11 is 1.64. The van der Waals surface area contributed by atoms with Gasteiger partial charge in [0.2, 0.25) is 5.91 Å². The van der Waals surface area contributed by atoms with Crippen molar-refractivity contribution in [3.05, 3.63) is 75.7 Å². The van der Waals surface area contributed by atoms with E-state index < -0.39 is 10.8 Å². The van der Waals surface area contributed by atoms with E-state index in [0.717, 1.165) is 16.0 Å². The maximum Gasteiger partial charge on any atom is 0.234 e. The monoisotopic (exact) mass is 442 g/mol. The van der Waals surface area contributed by atoms with Gasteiger partial charge in [-0.25, -0.2) is 0 Å². The second-order valence-electron chi connectivity index (χ2n) is 7.67. The number of hydrogen-bond acceptors (Lipinski definition) is 5. The van der Waals surface area contributed by atoms with Crippen LogP contribution in [-0.4, -0.2) is 49.4 Å². The van der Waals surface area contributed by atoms with Gasteiger partial charge in [-0.3, -0.25) is 18.6 Å². The molecular formula is C22H26N4O2S2. The molecule has 0 spiro atoms. The number of benzene rings is 1. The number of thiophene rings is 1. The molecule has 30 heavy (non-hydrogen) atoms. The minimum atomic E-state index is -0.873. The molecule has 3 aromatic rings. The van der Waals surface area contributed by atoms with E-state index in [1.165, 1.54) is 5.56 Å². The molecule has 0 aliphatic carbocycles. The van der Waals surface area contributed by atoms with Gasteiger partial charge in [0.05, 0.1) is 18.8 Å². The number of aryl methyl sites for hydroxylation is 2. The Bertz CT molecular complexity index is 1010. The second-order valence-corrected chi connectivity index (χ2v) is 10.3. The van der Waals surface area contributed by atoms with Crippen LogP contribution in [0, 0.1) is 6.92 Å². The molecule has 3 atom stereocenters. The summed E-state index contributed by atoms with van der Waals surface area (Å²) in [6.45, 7) is 2.96. The van der Waals surface area contributed by atoms with Gasteiger partial charge in [-0.15, -0.1) is 11.3 Å². The Kier molecular flexibility index (Phi) is 6.46. The number of hydrogen-bond donors (Lipinski definition) is 1. The molecule has 4 rings (SSSR count). The molecule has 1 saturated heterocycles. The number of carbonyl (C=O) groups is 1. The summed E-state index contributed by atoms with van der Waals surface area (Å²) in [4.78, 5) is 16.3. The second kappa shape index (κ2) is 9.24. The Morgan fingerprint density at radius 2 is 2.13 bits per heavy atom. The first kappa shape index (κ1) is 21.0. The van der Waals surface area contributed by atoms with Gasteiger partial charge in [0, 0.05) is 58.6 Å². The number of rotatable bonds is 6. The fraction of sp³-hybridized carbons (Fsp3) is 0.364. The molecule has 1 aromatic carbocycles. The van der Waals surface area contributed by atoms with Crippen LogP contribution in [-0.2, 0) is 22.6 Å². The lowest BCUT2D eigenvalue weighted by Crippen LogP contribution is -2.46. The molecule has 0 unspecified atom stereocenters. The highest BCUT2D eigenvalue weighted by molar-refractivity contribution is 7.85. The zero-order valence-corrected chi connectivity index (χ0v) is 18.8. The molecule has 0 saturated carbocycles. The van der Waals surface area contributed by atoms with E-state index in [9.17, 15) is 9.00 Å². The lowest BCUT2D eigenvalue weighted by molar-refractivity contribution is -0.123. The van der Waals surface area contributed by atoms with Crippen molar-refractivity contribution in [1.29, 1.82) is 0 Å². The molecule has 2 aromatic heterocycles. The van der Waals surface area contributed by atoms with E-state index >= 15 is 0 Å². The van der Waals surface area contributed by atoms with Crippen molar-refractivity contribution < 1.29 is 9.00 Å². The lowest BCUT2D eigenvalue weighted by Gasteiger charge is -2.34. The van der Waals surface area contributed by atoms with Crippen LogP contribution in [0.1, 0.15) is 33.7 Å². The SMILES string of the molecule is Cc1ccc([C@H](NC(=O)CN2CC[S@@](=O)C[C@@H]2c2cnn(C)c2)c2cccs2)cc1. The van der Waals surface area contributed by atoms with Crippen molar-refractivity contribution in [2.75, 3.05) is 24.6 Å². The molecular weight excluding hydrogens is 416 g/mol. The standard InChI is InChI=1S/C22H26N4O2S2/c1-16-5-7-17(8-6-16)22(20-4-3-10-29-20)24-21(27)14-26-9-11-30(28)15-19(26)18-12-23-25(2)13-18/h3-8,10,12-13,19,22H,9,11,14-15H2,1-2H3,(H,24,27)/t19-,22+,30-/m1/s1. The van der Waals surface area contributed by atoms with Crippen molar-refractivity contribution in [3.8, 4) is 0 Å². The van der Waals surface area contributed by atoms with Gasteiger partial charge in [-0.05, 0) is 23.9 Å². The lowest BCUT2D eigenvalue weighted by atomic mass is 10.0. The first-order valence-electron chi connectivity index (χ1n) is 9.96. The van der Waals surface area contributed by atoms with Crippen molar-refractivity contribution in [3.63, 3.8) is 0 Å². The van der Waals surface area contributed by atoms with Crippen LogP contribution in [0.3, 0.4) is 0 Å². The van der Waals surface area contributed by atoms with Crippen molar-refractivity contribution >= 4 is 28.0 Å². The summed E-state index contributed by atoms with van der Waals surface area (Å²) in [7, 11) is 0.996. The van der Waals surface area contributed by atoms with Gasteiger partial charge >= 0.3 is 0 Å². The van der Waals surface area contributed by atoms with E-state index in [2.05, 4.69) is 52.6 Å². The minimum Gasteiger partial charge on any atom is -0.343 e. The van der Waals surface area contributed by atoms with Crippen LogP contribution in [0.25, 0.3) is 0 Å². The molecule has 0 bridgehead atoms. The van der Waals surface area contributed by atoms with E-state index in [-0.39, 0.29) is 24.5 Å². The highest BCUT2D eigenvalue weighted by Crippen LogP contribution is 2.28. The van der Waals surface area contributed by atoms with Crippen LogP contribution in [0.5, 0.6) is 0 Å². The van der Waals surface area contributed by atoms with Gasteiger partial charge in [0.1, 0.15) is 0 Å². The van der Waals surface area contributed by atoms with Gasteiger partial charge < -0.3 is 5.32 Å². The molecule has 3 heterocycles. The molecule has 158 valence electrons. The average molecular weight is 443 g/mol. The van der Waals surface area contributed by atoms with Crippen LogP contribution in [0.4, 0.5) is 0 Å². The number of amides is 1. The molecule has 1 aliphatic heterocycles. The number of nitrogens with zero attached hydrogens (tertiary/aromatic N) is 3. The van der Waals surface area contributed by atoms with E-state index in [1.807, 2.05) is 24.7 Å². The third-order valence-corrected chi connectivity index (χ3v) is 7.65. The normalized spacial score (nSPS) is 20.7. The molecule has 1 fully saturated rings. The fourth-order valence-corrected chi connectivity index (χ4v) is 5.94. The first-order valence-corrected chi connectivity index (χ1v) is 12.3. The molecule has 6 nitrogen and oxygen atoms in total. The molecule has 1 N–H and O–H groups in total. The Balaban J connectivity index is 1.51. The Hall–Kier alpha value is -2.29. The Morgan fingerprint density at radius 3 is 2.80 bits per heavy atom. The first-order chi connectivity index (χ1) is 14.5. The number of nitrogens with one attached hydrogen (secondary N) is 1. The van der Waals surface area contributed by atoms with E-state index in [0.29, 0.717) is 18.1 Å². The van der Waals surface area contributed by atoms with E-state index in [4.69, 9.17) is 0 Å². The summed E-state index contributed by atoms with van der Waals surface area (Å²) in [6.07, 6.45) is 3.75. The van der Waals surface area contributed by atoms with Crippen LogP contribution in [0.2, 0.25) is 0 Å². The summed E-state index contributed by atoms with van der Waals surface area (Å²) in [5.41, 5.74) is 3.27. The summed E-state index contributed by atoms with van der Waals surface area (Å²) in [6, 6.07) is 12.1. The molecule has 1 aliphatic rings. The van der Waals surface area contributed by atoms with Gasteiger partial charge in [0.25, 0.3) is 0 Å². The topological polar surface area (TPSA) is 67.2 Å². The maximum atomic E-state index is 13.1. The Morgan fingerprint density at radius 1 is 1.33 bits per heavy atom. The largest absolute Gasteiger partial charge is 0.343 e. The fourth-order valence-electron chi connectivity index (χ4n) is 3.77. The van der Waals surface area contributed by atoms with Gasteiger partial charge in [-0.1, -0.05) is 35.9 Å². The smallest absolute Gasteiger partial charge is 0.234 e. The van der Waals surface area contributed by atoms with Crippen molar-refractivity contribution in [2.24, 2.45) is 7.05 Å². The third kappa shape index (κ3) is 4.88. The van der Waals surface area contributed by atoms with Crippen LogP contribution < -0.4 is 5.32 Å². The number of carbonyl (C=O) groups excluding carboxylic acids is 1. The number of aromatic nitrogens is 2. The molecule has 0 radical (unpaired) electrons. The summed E-state index contributed by atoms with van der Waals surface area (Å²) in [5, 5.41) is 9.50. The average Bonchev–Trinajstić information content (AvgIpc) is 3.40.